The van der Waals surface area contributed by atoms with Crippen molar-refractivity contribution in [2.75, 3.05) is 13.6 Å². The molecule has 3 nitrogen and oxygen atoms in total. The van der Waals surface area contributed by atoms with Crippen molar-refractivity contribution in [2.24, 2.45) is 11.7 Å². The third-order valence-electron chi connectivity index (χ3n) is 3.09. The molecule has 0 aliphatic heterocycles. The Labute approximate surface area is 98.6 Å². The van der Waals surface area contributed by atoms with Crippen LogP contribution in [0.25, 0.3) is 0 Å². The summed E-state index contributed by atoms with van der Waals surface area (Å²) in [5, 5.41) is 0. The average Bonchev–Trinajstić information content (AvgIpc) is 2.71. The van der Waals surface area contributed by atoms with Gasteiger partial charge in [0.05, 0.1) is 12.3 Å². The SMILES string of the molecule is CC(C)CC(C)N(C)C(CN)c1ccco1. The fourth-order valence-electron chi connectivity index (χ4n) is 2.12. The summed E-state index contributed by atoms with van der Waals surface area (Å²) < 4.78 is 5.44. The minimum absolute atomic E-state index is 0.184. The molecule has 2 atom stereocenters. The van der Waals surface area contributed by atoms with E-state index in [1.807, 2.05) is 12.1 Å². The zero-order valence-corrected chi connectivity index (χ0v) is 10.8. The number of hydrogen-bond acceptors (Lipinski definition) is 3. The topological polar surface area (TPSA) is 42.4 Å². The van der Waals surface area contributed by atoms with Crippen LogP contribution in [0.5, 0.6) is 0 Å². The van der Waals surface area contributed by atoms with Crippen molar-refractivity contribution in [3.63, 3.8) is 0 Å². The van der Waals surface area contributed by atoms with Gasteiger partial charge in [0.25, 0.3) is 0 Å². The lowest BCUT2D eigenvalue weighted by Crippen LogP contribution is -2.37. The van der Waals surface area contributed by atoms with Crippen molar-refractivity contribution in [3.05, 3.63) is 24.2 Å². The molecule has 0 saturated heterocycles. The third kappa shape index (κ3) is 3.35. The fourth-order valence-corrected chi connectivity index (χ4v) is 2.12. The lowest BCUT2D eigenvalue weighted by atomic mass is 10.0. The van der Waals surface area contributed by atoms with E-state index in [1.165, 1.54) is 6.42 Å². The van der Waals surface area contributed by atoms with Crippen LogP contribution in [0.4, 0.5) is 0 Å². The first-order valence-corrected chi connectivity index (χ1v) is 6.01. The van der Waals surface area contributed by atoms with E-state index in [2.05, 4.69) is 32.7 Å². The second kappa shape index (κ2) is 6.06. The normalized spacial score (nSPS) is 15.7. The zero-order valence-electron chi connectivity index (χ0n) is 10.8. The largest absolute Gasteiger partial charge is 0.468 e. The minimum atomic E-state index is 0.184. The van der Waals surface area contributed by atoms with Crippen LogP contribution in [0, 0.1) is 5.92 Å². The highest BCUT2D eigenvalue weighted by Gasteiger charge is 2.22. The van der Waals surface area contributed by atoms with Gasteiger partial charge in [0, 0.05) is 12.6 Å². The lowest BCUT2D eigenvalue weighted by Gasteiger charge is -2.32. The van der Waals surface area contributed by atoms with Gasteiger partial charge in [-0.1, -0.05) is 13.8 Å². The first-order chi connectivity index (χ1) is 7.56. The predicted molar refractivity (Wildman–Crippen MR) is 67.2 cm³/mol. The fraction of sp³-hybridized carbons (Fsp3) is 0.692. The van der Waals surface area contributed by atoms with E-state index in [1.54, 1.807) is 6.26 Å². The van der Waals surface area contributed by atoms with Gasteiger partial charge < -0.3 is 10.2 Å². The molecule has 0 aliphatic rings. The molecular weight excluding hydrogens is 200 g/mol. The molecule has 0 aromatic carbocycles. The molecule has 1 heterocycles. The number of nitrogens with two attached hydrogens (primary N) is 1. The van der Waals surface area contributed by atoms with Crippen LogP contribution in [0.15, 0.2) is 22.8 Å². The van der Waals surface area contributed by atoms with Gasteiger partial charge in [0.1, 0.15) is 5.76 Å². The minimum Gasteiger partial charge on any atom is -0.468 e. The standard InChI is InChI=1S/C13H24N2O/c1-10(2)8-11(3)15(4)12(9-14)13-6-5-7-16-13/h5-7,10-12H,8-9,14H2,1-4H3. The highest BCUT2D eigenvalue weighted by molar-refractivity contribution is 5.05. The highest BCUT2D eigenvalue weighted by Crippen LogP contribution is 2.23. The van der Waals surface area contributed by atoms with E-state index >= 15 is 0 Å². The first-order valence-electron chi connectivity index (χ1n) is 6.01. The maximum Gasteiger partial charge on any atom is 0.122 e. The number of hydrogen-bond donors (Lipinski definition) is 1. The average molecular weight is 224 g/mol. The number of nitrogens with zero attached hydrogens (tertiary/aromatic N) is 1. The van der Waals surface area contributed by atoms with Gasteiger partial charge in [-0.15, -0.1) is 0 Å². The highest BCUT2D eigenvalue weighted by atomic mass is 16.3. The van der Waals surface area contributed by atoms with Crippen molar-refractivity contribution in [2.45, 2.75) is 39.3 Å². The van der Waals surface area contributed by atoms with E-state index in [-0.39, 0.29) is 6.04 Å². The Morgan fingerprint density at radius 3 is 2.50 bits per heavy atom. The van der Waals surface area contributed by atoms with Gasteiger partial charge in [0.2, 0.25) is 0 Å². The summed E-state index contributed by atoms with van der Waals surface area (Å²) in [6, 6.07) is 4.61. The molecule has 1 aromatic rings. The second-order valence-corrected chi connectivity index (χ2v) is 4.91. The Kier molecular flexibility index (Phi) is 5.03. The molecule has 0 saturated carbocycles. The summed E-state index contributed by atoms with van der Waals surface area (Å²) in [7, 11) is 2.12. The Morgan fingerprint density at radius 1 is 1.38 bits per heavy atom. The molecule has 0 spiro atoms. The number of likely N-dealkylation sites (N-methyl/N-ethyl adjacent to an activating group) is 1. The van der Waals surface area contributed by atoms with Gasteiger partial charge in [-0.25, -0.2) is 0 Å². The van der Waals surface area contributed by atoms with Crippen LogP contribution >= 0.6 is 0 Å². The maximum atomic E-state index is 5.83. The van der Waals surface area contributed by atoms with Gasteiger partial charge in [-0.3, -0.25) is 4.90 Å². The van der Waals surface area contributed by atoms with Gasteiger partial charge in [-0.2, -0.15) is 0 Å². The Morgan fingerprint density at radius 2 is 2.06 bits per heavy atom. The van der Waals surface area contributed by atoms with Crippen molar-refractivity contribution in [1.29, 1.82) is 0 Å². The smallest absolute Gasteiger partial charge is 0.122 e. The summed E-state index contributed by atoms with van der Waals surface area (Å²) in [6.07, 6.45) is 2.88. The second-order valence-electron chi connectivity index (χ2n) is 4.91. The molecule has 3 heteroatoms. The molecular formula is C13H24N2O. The van der Waals surface area contributed by atoms with E-state index < -0.39 is 0 Å². The van der Waals surface area contributed by atoms with Crippen molar-refractivity contribution in [3.8, 4) is 0 Å². The molecule has 1 aromatic heterocycles. The zero-order chi connectivity index (χ0) is 12.1. The summed E-state index contributed by atoms with van der Waals surface area (Å²) in [4.78, 5) is 2.30. The summed E-state index contributed by atoms with van der Waals surface area (Å²) in [5.41, 5.74) is 5.83. The molecule has 92 valence electrons. The third-order valence-corrected chi connectivity index (χ3v) is 3.09. The quantitative estimate of drug-likeness (QED) is 0.807. The van der Waals surface area contributed by atoms with Crippen LogP contribution in [0.3, 0.4) is 0 Å². The Bertz CT molecular complexity index is 282. The molecule has 0 amide bonds. The van der Waals surface area contributed by atoms with Crippen molar-refractivity contribution < 1.29 is 4.42 Å². The van der Waals surface area contributed by atoms with Crippen LogP contribution < -0.4 is 5.73 Å². The summed E-state index contributed by atoms with van der Waals surface area (Å²) in [6.45, 7) is 7.32. The Hall–Kier alpha value is -0.800. The van der Waals surface area contributed by atoms with E-state index in [0.717, 1.165) is 5.76 Å². The van der Waals surface area contributed by atoms with Crippen LogP contribution in [0.2, 0.25) is 0 Å². The molecule has 16 heavy (non-hydrogen) atoms. The molecule has 2 N–H and O–H groups in total. The summed E-state index contributed by atoms with van der Waals surface area (Å²) >= 11 is 0. The molecule has 0 radical (unpaired) electrons. The number of rotatable bonds is 6. The van der Waals surface area contributed by atoms with Crippen LogP contribution in [-0.4, -0.2) is 24.5 Å². The van der Waals surface area contributed by atoms with Crippen LogP contribution in [0.1, 0.15) is 39.0 Å². The van der Waals surface area contributed by atoms with E-state index in [4.69, 9.17) is 10.2 Å². The first kappa shape index (κ1) is 13.3. The molecule has 0 fully saturated rings. The predicted octanol–water partition coefficient (Wildman–Crippen LogP) is 2.65. The maximum absolute atomic E-state index is 5.83. The van der Waals surface area contributed by atoms with Crippen molar-refractivity contribution >= 4 is 0 Å². The molecule has 2 unspecified atom stereocenters. The van der Waals surface area contributed by atoms with E-state index in [0.29, 0.717) is 18.5 Å². The Balaban J connectivity index is 2.66. The van der Waals surface area contributed by atoms with Crippen molar-refractivity contribution in [1.82, 2.24) is 4.90 Å². The monoisotopic (exact) mass is 224 g/mol. The molecule has 1 rings (SSSR count). The molecule has 0 aliphatic carbocycles. The van der Waals surface area contributed by atoms with E-state index in [9.17, 15) is 0 Å². The van der Waals surface area contributed by atoms with Crippen LogP contribution in [-0.2, 0) is 0 Å². The lowest BCUT2D eigenvalue weighted by molar-refractivity contribution is 0.151. The summed E-state index contributed by atoms with van der Waals surface area (Å²) in [5.74, 6) is 1.66. The van der Waals surface area contributed by atoms with Gasteiger partial charge >= 0.3 is 0 Å². The molecule has 0 bridgehead atoms. The van der Waals surface area contributed by atoms with Gasteiger partial charge in [-0.05, 0) is 38.4 Å². The number of furan rings is 1. The van der Waals surface area contributed by atoms with Gasteiger partial charge in [0.15, 0.2) is 0 Å².